The van der Waals surface area contributed by atoms with Crippen molar-refractivity contribution in [3.63, 3.8) is 0 Å². The molecule has 0 unspecified atom stereocenters. The molecule has 2 heterocycles. The summed E-state index contributed by atoms with van der Waals surface area (Å²) in [7, 11) is 0. The number of nitrogens with zero attached hydrogens (tertiary/aromatic N) is 4. The lowest BCUT2D eigenvalue weighted by molar-refractivity contribution is 0.463. The van der Waals surface area contributed by atoms with E-state index in [1.165, 1.54) is 12.1 Å². The van der Waals surface area contributed by atoms with Crippen LogP contribution in [0.5, 0.6) is 11.5 Å². The van der Waals surface area contributed by atoms with Crippen LogP contribution >= 0.6 is 23.2 Å². The molecule has 0 atom stereocenters. The summed E-state index contributed by atoms with van der Waals surface area (Å²) in [4.78, 5) is 38.4. The van der Waals surface area contributed by atoms with Crippen molar-refractivity contribution in [3.8, 4) is 23.3 Å². The van der Waals surface area contributed by atoms with Crippen molar-refractivity contribution in [1.82, 2.24) is 19.3 Å². The molecule has 3 aromatic rings. The Morgan fingerprint density at radius 2 is 1.84 bits per heavy atom. The SMILES string of the molecule is CC(C)n1cc(Oc2c(Cl)cc(-n3nc(C#N)c(=O)[nH]c3=O)cc2Cl)cc(C2CC2)c1=O. The molecule has 0 amide bonds. The van der Waals surface area contributed by atoms with Crippen LogP contribution in [0.4, 0.5) is 0 Å². The van der Waals surface area contributed by atoms with Gasteiger partial charge in [0.25, 0.3) is 11.1 Å². The summed E-state index contributed by atoms with van der Waals surface area (Å²) in [5, 5.41) is 12.9. The fourth-order valence-electron chi connectivity index (χ4n) is 3.26. The lowest BCUT2D eigenvalue weighted by Gasteiger charge is -2.16. The molecular formula is C21H17Cl2N5O4. The number of aromatic amines is 1. The molecule has 1 fully saturated rings. The van der Waals surface area contributed by atoms with E-state index in [1.54, 1.807) is 22.9 Å². The van der Waals surface area contributed by atoms with E-state index in [4.69, 9.17) is 33.2 Å². The van der Waals surface area contributed by atoms with Crippen molar-refractivity contribution in [3.05, 3.63) is 76.9 Å². The van der Waals surface area contributed by atoms with E-state index in [0.717, 1.165) is 17.5 Å². The molecule has 9 nitrogen and oxygen atoms in total. The third-order valence-electron chi connectivity index (χ3n) is 5.00. The average molecular weight is 474 g/mol. The van der Waals surface area contributed by atoms with Gasteiger partial charge in [0, 0.05) is 11.6 Å². The largest absolute Gasteiger partial charge is 0.453 e. The number of nitriles is 1. The lowest BCUT2D eigenvalue weighted by atomic mass is 10.1. The number of benzene rings is 1. The predicted octanol–water partition coefficient (Wildman–Crippen LogP) is 3.51. The van der Waals surface area contributed by atoms with Gasteiger partial charge in [-0.05, 0) is 50.8 Å². The Bertz CT molecular complexity index is 1400. The molecule has 2 aromatic heterocycles. The van der Waals surface area contributed by atoms with Crippen LogP contribution in [-0.4, -0.2) is 19.3 Å². The van der Waals surface area contributed by atoms with Crippen LogP contribution in [0.1, 0.15) is 49.9 Å². The number of pyridine rings is 1. The molecule has 1 aromatic carbocycles. The standard InChI is InChI=1S/C21H17Cl2N5O4/c1-10(2)27-9-13(7-14(20(27)30)11-3-4-11)32-18-15(22)5-12(6-16(18)23)28-21(31)25-19(29)17(8-24)26-28/h5-7,9-11H,3-4H2,1-2H3,(H,25,29,31). The molecule has 0 bridgehead atoms. The molecule has 11 heteroatoms. The minimum Gasteiger partial charge on any atom is -0.453 e. The smallest absolute Gasteiger partial charge is 0.349 e. The summed E-state index contributed by atoms with van der Waals surface area (Å²) in [6.07, 6.45) is 3.52. The summed E-state index contributed by atoms with van der Waals surface area (Å²) >= 11 is 12.8. The van der Waals surface area contributed by atoms with Gasteiger partial charge in [-0.1, -0.05) is 23.2 Å². The number of halogens is 2. The third-order valence-corrected chi connectivity index (χ3v) is 5.56. The number of hydrogen-bond donors (Lipinski definition) is 1. The predicted molar refractivity (Wildman–Crippen MR) is 118 cm³/mol. The topological polar surface area (TPSA) is 123 Å². The van der Waals surface area contributed by atoms with Crippen molar-refractivity contribution in [2.24, 2.45) is 0 Å². The highest BCUT2D eigenvalue weighted by atomic mass is 35.5. The van der Waals surface area contributed by atoms with E-state index in [0.29, 0.717) is 11.3 Å². The Labute approximate surface area is 191 Å². The molecule has 164 valence electrons. The summed E-state index contributed by atoms with van der Waals surface area (Å²) in [5.41, 5.74) is -1.45. The number of rotatable bonds is 5. The zero-order chi connectivity index (χ0) is 23.2. The first-order valence-corrected chi connectivity index (χ1v) is 10.5. The van der Waals surface area contributed by atoms with Crippen LogP contribution in [0, 0.1) is 11.3 Å². The number of aromatic nitrogens is 4. The van der Waals surface area contributed by atoms with Gasteiger partial charge in [0.05, 0.1) is 21.9 Å². The van der Waals surface area contributed by atoms with Gasteiger partial charge in [0.15, 0.2) is 5.75 Å². The van der Waals surface area contributed by atoms with E-state index < -0.39 is 16.9 Å². The lowest BCUT2D eigenvalue weighted by Crippen LogP contribution is -2.33. The fourth-order valence-corrected chi connectivity index (χ4v) is 3.81. The van der Waals surface area contributed by atoms with E-state index in [-0.39, 0.29) is 39.0 Å². The molecule has 0 radical (unpaired) electrons. The highest BCUT2D eigenvalue weighted by Gasteiger charge is 2.28. The second-order valence-corrected chi connectivity index (χ2v) is 8.50. The number of H-pyrrole nitrogens is 1. The second-order valence-electron chi connectivity index (χ2n) is 7.68. The highest BCUT2D eigenvalue weighted by molar-refractivity contribution is 6.37. The minimum atomic E-state index is -0.891. The highest BCUT2D eigenvalue weighted by Crippen LogP contribution is 2.42. The number of hydrogen-bond acceptors (Lipinski definition) is 6. The Morgan fingerprint density at radius 1 is 1.19 bits per heavy atom. The molecule has 1 aliphatic rings. The van der Waals surface area contributed by atoms with Gasteiger partial charge in [-0.15, -0.1) is 5.10 Å². The van der Waals surface area contributed by atoms with Gasteiger partial charge in [0.1, 0.15) is 11.8 Å². The third kappa shape index (κ3) is 4.07. The summed E-state index contributed by atoms with van der Waals surface area (Å²) in [6, 6.07) is 5.99. The van der Waals surface area contributed by atoms with Gasteiger partial charge < -0.3 is 9.30 Å². The van der Waals surface area contributed by atoms with Crippen LogP contribution < -0.4 is 21.5 Å². The van der Waals surface area contributed by atoms with E-state index in [1.807, 2.05) is 18.8 Å². The molecule has 1 aliphatic carbocycles. The van der Waals surface area contributed by atoms with Gasteiger partial charge in [-0.25, -0.2) is 4.79 Å². The Morgan fingerprint density at radius 3 is 2.41 bits per heavy atom. The average Bonchev–Trinajstić information content (AvgIpc) is 3.56. The molecule has 1 N–H and O–H groups in total. The van der Waals surface area contributed by atoms with E-state index in [2.05, 4.69) is 5.10 Å². The van der Waals surface area contributed by atoms with Crippen LogP contribution in [0.25, 0.3) is 5.69 Å². The molecule has 4 rings (SSSR count). The van der Waals surface area contributed by atoms with Crippen molar-refractivity contribution in [1.29, 1.82) is 5.26 Å². The van der Waals surface area contributed by atoms with Crippen LogP contribution in [0.2, 0.25) is 10.0 Å². The minimum absolute atomic E-state index is 0.0424. The maximum Gasteiger partial charge on any atom is 0.349 e. The van der Waals surface area contributed by atoms with Crippen molar-refractivity contribution < 1.29 is 4.74 Å². The first-order chi connectivity index (χ1) is 15.2. The number of nitrogens with one attached hydrogen (secondary N) is 1. The Hall–Kier alpha value is -3.35. The van der Waals surface area contributed by atoms with Crippen molar-refractivity contribution in [2.75, 3.05) is 0 Å². The Kier molecular flexibility index (Phi) is 5.67. The van der Waals surface area contributed by atoms with Crippen molar-refractivity contribution >= 4 is 23.2 Å². The maximum absolute atomic E-state index is 12.7. The molecule has 0 aliphatic heterocycles. The van der Waals surface area contributed by atoms with Crippen LogP contribution in [-0.2, 0) is 0 Å². The molecule has 0 spiro atoms. The maximum atomic E-state index is 12.7. The van der Waals surface area contributed by atoms with Crippen LogP contribution in [0.3, 0.4) is 0 Å². The van der Waals surface area contributed by atoms with Crippen molar-refractivity contribution in [2.45, 2.75) is 38.6 Å². The summed E-state index contributed by atoms with van der Waals surface area (Å²) in [5.74, 6) is 0.755. The molecule has 32 heavy (non-hydrogen) atoms. The van der Waals surface area contributed by atoms with Gasteiger partial charge in [-0.2, -0.15) is 9.94 Å². The first kappa shape index (κ1) is 21.9. The van der Waals surface area contributed by atoms with E-state index in [9.17, 15) is 14.4 Å². The summed E-state index contributed by atoms with van der Waals surface area (Å²) in [6.45, 7) is 3.81. The van der Waals surface area contributed by atoms with E-state index >= 15 is 0 Å². The number of ether oxygens (including phenoxy) is 1. The Balaban J connectivity index is 1.76. The molecular weight excluding hydrogens is 457 g/mol. The van der Waals surface area contributed by atoms with Gasteiger partial charge in [-0.3, -0.25) is 14.6 Å². The zero-order valence-corrected chi connectivity index (χ0v) is 18.6. The quantitative estimate of drug-likeness (QED) is 0.604. The monoisotopic (exact) mass is 473 g/mol. The first-order valence-electron chi connectivity index (χ1n) is 9.76. The molecule has 0 saturated heterocycles. The van der Waals surface area contributed by atoms with Gasteiger partial charge in [0.2, 0.25) is 5.69 Å². The van der Waals surface area contributed by atoms with Gasteiger partial charge >= 0.3 is 5.69 Å². The summed E-state index contributed by atoms with van der Waals surface area (Å²) < 4.78 is 8.36. The fraction of sp³-hybridized carbons (Fsp3) is 0.286. The second kappa shape index (κ2) is 8.30. The normalized spacial score (nSPS) is 13.2. The zero-order valence-electron chi connectivity index (χ0n) is 17.1. The molecule has 1 saturated carbocycles. The van der Waals surface area contributed by atoms with Crippen LogP contribution in [0.15, 0.2) is 38.8 Å².